The highest BCUT2D eigenvalue weighted by molar-refractivity contribution is 7.99. The van der Waals surface area contributed by atoms with Crippen molar-refractivity contribution in [2.45, 2.75) is 5.16 Å². The Balaban J connectivity index is 1.59. The van der Waals surface area contributed by atoms with E-state index >= 15 is 0 Å². The van der Waals surface area contributed by atoms with Gasteiger partial charge in [-0.05, 0) is 48.5 Å². The van der Waals surface area contributed by atoms with Gasteiger partial charge >= 0.3 is 5.97 Å². The standard InChI is InChI=1S/C21H21N3O4S/c1-24-18(14-6-10-17(27-2)11-7-14)12-22-21(24)29-13-19(25)23-16-8-4-15(5-9-16)20(26)28-3/h4-12H,13H2,1-3H3,(H,23,25). The molecule has 0 aliphatic heterocycles. The summed E-state index contributed by atoms with van der Waals surface area (Å²) in [6.07, 6.45) is 1.79. The molecule has 3 rings (SSSR count). The lowest BCUT2D eigenvalue weighted by Crippen LogP contribution is -2.14. The molecule has 0 saturated heterocycles. The number of benzene rings is 2. The van der Waals surface area contributed by atoms with E-state index in [1.54, 1.807) is 37.6 Å². The summed E-state index contributed by atoms with van der Waals surface area (Å²) in [5.41, 5.74) is 3.01. The molecule has 0 saturated carbocycles. The van der Waals surface area contributed by atoms with Crippen molar-refractivity contribution in [3.05, 3.63) is 60.3 Å². The number of aromatic nitrogens is 2. The van der Waals surface area contributed by atoms with Crippen LogP contribution in [0, 0.1) is 0 Å². The topological polar surface area (TPSA) is 82.4 Å². The molecule has 0 radical (unpaired) electrons. The molecule has 0 aliphatic carbocycles. The van der Waals surface area contributed by atoms with Gasteiger partial charge in [0.1, 0.15) is 5.75 Å². The normalized spacial score (nSPS) is 10.4. The maximum Gasteiger partial charge on any atom is 0.337 e. The molecule has 2 aromatic carbocycles. The van der Waals surface area contributed by atoms with Crippen LogP contribution >= 0.6 is 11.8 Å². The van der Waals surface area contributed by atoms with Crippen molar-refractivity contribution in [2.24, 2.45) is 7.05 Å². The Morgan fingerprint density at radius 1 is 1.07 bits per heavy atom. The van der Waals surface area contributed by atoms with Crippen LogP contribution < -0.4 is 10.1 Å². The molecule has 0 fully saturated rings. The smallest absolute Gasteiger partial charge is 0.337 e. The van der Waals surface area contributed by atoms with Gasteiger partial charge in [-0.1, -0.05) is 11.8 Å². The van der Waals surface area contributed by atoms with Gasteiger partial charge in [-0.25, -0.2) is 9.78 Å². The van der Waals surface area contributed by atoms with Crippen molar-refractivity contribution in [3.63, 3.8) is 0 Å². The quantitative estimate of drug-likeness (QED) is 0.472. The summed E-state index contributed by atoms with van der Waals surface area (Å²) < 4.78 is 11.8. The molecule has 1 N–H and O–H groups in total. The summed E-state index contributed by atoms with van der Waals surface area (Å²) in [4.78, 5) is 28.1. The second-order valence-electron chi connectivity index (χ2n) is 6.12. The van der Waals surface area contributed by atoms with E-state index < -0.39 is 5.97 Å². The molecule has 8 heteroatoms. The summed E-state index contributed by atoms with van der Waals surface area (Å²) in [7, 11) is 4.87. The van der Waals surface area contributed by atoms with Crippen LogP contribution in [0.2, 0.25) is 0 Å². The number of hydrogen-bond acceptors (Lipinski definition) is 6. The van der Waals surface area contributed by atoms with E-state index in [1.165, 1.54) is 18.9 Å². The van der Waals surface area contributed by atoms with Gasteiger partial charge in [0, 0.05) is 18.3 Å². The highest BCUT2D eigenvalue weighted by Gasteiger charge is 2.12. The Bertz CT molecular complexity index is 998. The Morgan fingerprint density at radius 2 is 1.76 bits per heavy atom. The number of rotatable bonds is 7. The number of thioether (sulfide) groups is 1. The van der Waals surface area contributed by atoms with Gasteiger partial charge < -0.3 is 19.4 Å². The third kappa shape index (κ3) is 4.97. The summed E-state index contributed by atoms with van der Waals surface area (Å²) in [5, 5.41) is 3.55. The summed E-state index contributed by atoms with van der Waals surface area (Å²) in [5.74, 6) is 0.434. The Morgan fingerprint density at radius 3 is 2.38 bits per heavy atom. The van der Waals surface area contributed by atoms with E-state index in [0.29, 0.717) is 11.3 Å². The van der Waals surface area contributed by atoms with Gasteiger partial charge in [-0.2, -0.15) is 0 Å². The molecule has 0 aliphatic rings. The number of methoxy groups -OCH3 is 2. The molecule has 150 valence electrons. The average Bonchev–Trinajstić information content (AvgIpc) is 3.12. The monoisotopic (exact) mass is 411 g/mol. The van der Waals surface area contributed by atoms with Gasteiger partial charge in [-0.3, -0.25) is 4.79 Å². The maximum absolute atomic E-state index is 12.2. The second kappa shape index (κ2) is 9.29. The first-order valence-electron chi connectivity index (χ1n) is 8.79. The molecule has 29 heavy (non-hydrogen) atoms. The van der Waals surface area contributed by atoms with Crippen molar-refractivity contribution >= 4 is 29.3 Å². The number of carbonyl (C=O) groups excluding carboxylic acids is 2. The number of nitrogens with zero attached hydrogens (tertiary/aromatic N) is 2. The number of imidazole rings is 1. The number of hydrogen-bond donors (Lipinski definition) is 1. The lowest BCUT2D eigenvalue weighted by molar-refractivity contribution is -0.113. The van der Waals surface area contributed by atoms with Crippen molar-refractivity contribution in [3.8, 4) is 17.0 Å². The second-order valence-corrected chi connectivity index (χ2v) is 7.06. The summed E-state index contributed by atoms with van der Waals surface area (Å²) in [6, 6.07) is 14.3. The SMILES string of the molecule is COC(=O)c1ccc(NC(=O)CSc2ncc(-c3ccc(OC)cc3)n2C)cc1. The van der Waals surface area contributed by atoms with Crippen LogP contribution in [-0.2, 0) is 16.6 Å². The lowest BCUT2D eigenvalue weighted by Gasteiger charge is -2.08. The van der Waals surface area contributed by atoms with Crippen LogP contribution in [0.1, 0.15) is 10.4 Å². The van der Waals surface area contributed by atoms with Crippen molar-refractivity contribution in [1.29, 1.82) is 0 Å². The van der Waals surface area contributed by atoms with E-state index in [1.807, 2.05) is 35.9 Å². The number of amides is 1. The minimum atomic E-state index is -0.416. The molecular weight excluding hydrogens is 390 g/mol. The first-order valence-corrected chi connectivity index (χ1v) is 9.77. The molecule has 0 atom stereocenters. The third-order valence-electron chi connectivity index (χ3n) is 4.25. The summed E-state index contributed by atoms with van der Waals surface area (Å²) >= 11 is 1.35. The van der Waals surface area contributed by atoms with Crippen LogP contribution in [0.5, 0.6) is 5.75 Å². The fourth-order valence-electron chi connectivity index (χ4n) is 2.69. The minimum Gasteiger partial charge on any atom is -0.497 e. The van der Waals surface area contributed by atoms with Gasteiger partial charge in [0.05, 0.1) is 37.4 Å². The number of carbonyl (C=O) groups is 2. The first-order chi connectivity index (χ1) is 14.0. The Kier molecular flexibility index (Phi) is 6.56. The Hall–Kier alpha value is -3.26. The predicted molar refractivity (Wildman–Crippen MR) is 112 cm³/mol. The minimum absolute atomic E-state index is 0.158. The summed E-state index contributed by atoms with van der Waals surface area (Å²) in [6.45, 7) is 0. The zero-order valence-electron chi connectivity index (χ0n) is 16.3. The van der Waals surface area contributed by atoms with Crippen molar-refractivity contribution in [2.75, 3.05) is 25.3 Å². The number of nitrogens with one attached hydrogen (secondary N) is 1. The van der Waals surface area contributed by atoms with Crippen LogP contribution in [-0.4, -0.2) is 41.4 Å². The molecular formula is C21H21N3O4S. The van der Waals surface area contributed by atoms with Crippen LogP contribution in [0.15, 0.2) is 59.9 Å². The van der Waals surface area contributed by atoms with E-state index in [-0.39, 0.29) is 11.7 Å². The lowest BCUT2D eigenvalue weighted by atomic mass is 10.1. The number of ether oxygens (including phenoxy) is 2. The largest absolute Gasteiger partial charge is 0.497 e. The third-order valence-corrected chi connectivity index (χ3v) is 5.30. The molecule has 1 amide bonds. The van der Waals surface area contributed by atoms with E-state index in [2.05, 4.69) is 15.0 Å². The molecule has 1 aromatic heterocycles. The number of anilines is 1. The van der Waals surface area contributed by atoms with Gasteiger partial charge in [0.25, 0.3) is 0 Å². The molecule has 0 spiro atoms. The average molecular weight is 411 g/mol. The highest BCUT2D eigenvalue weighted by Crippen LogP contribution is 2.26. The predicted octanol–water partition coefficient (Wildman–Crippen LogP) is 3.61. The van der Waals surface area contributed by atoms with Gasteiger partial charge in [-0.15, -0.1) is 0 Å². The molecule has 1 heterocycles. The van der Waals surface area contributed by atoms with Crippen LogP contribution in [0.25, 0.3) is 11.3 Å². The zero-order valence-corrected chi connectivity index (χ0v) is 17.2. The van der Waals surface area contributed by atoms with Crippen molar-refractivity contribution < 1.29 is 19.1 Å². The van der Waals surface area contributed by atoms with Gasteiger partial charge in [0.15, 0.2) is 5.16 Å². The first kappa shape index (κ1) is 20.5. The number of esters is 1. The van der Waals surface area contributed by atoms with Crippen molar-refractivity contribution in [1.82, 2.24) is 9.55 Å². The molecule has 0 unspecified atom stereocenters. The molecule has 3 aromatic rings. The maximum atomic E-state index is 12.2. The molecule has 7 nitrogen and oxygen atoms in total. The van der Waals surface area contributed by atoms with E-state index in [0.717, 1.165) is 22.2 Å². The Labute approximate surface area is 173 Å². The van der Waals surface area contributed by atoms with Crippen LogP contribution in [0.3, 0.4) is 0 Å². The fourth-order valence-corrected chi connectivity index (χ4v) is 3.44. The zero-order chi connectivity index (χ0) is 20.8. The molecule has 0 bridgehead atoms. The fraction of sp³-hybridized carbons (Fsp3) is 0.190. The van der Waals surface area contributed by atoms with E-state index in [9.17, 15) is 9.59 Å². The van der Waals surface area contributed by atoms with Gasteiger partial charge in [0.2, 0.25) is 5.91 Å². The highest BCUT2D eigenvalue weighted by atomic mass is 32.2. The van der Waals surface area contributed by atoms with Crippen LogP contribution in [0.4, 0.5) is 5.69 Å². The van der Waals surface area contributed by atoms with E-state index in [4.69, 9.17) is 4.74 Å².